The molecule has 0 aromatic carbocycles. The zero-order chi connectivity index (χ0) is 11.5. The van der Waals surface area contributed by atoms with E-state index in [1.54, 1.807) is 0 Å². The van der Waals surface area contributed by atoms with Gasteiger partial charge in [0.25, 0.3) is 0 Å². The molecule has 0 aromatic rings. The molecular formula is C13H24N2O. The van der Waals surface area contributed by atoms with Crippen molar-refractivity contribution in [3.8, 4) is 0 Å². The Hall–Kier alpha value is -0.570. The number of hydrogen-bond acceptors (Lipinski definition) is 2. The molecule has 2 aliphatic carbocycles. The van der Waals surface area contributed by atoms with Crippen molar-refractivity contribution in [2.45, 2.75) is 45.1 Å². The van der Waals surface area contributed by atoms with Gasteiger partial charge < -0.3 is 10.6 Å². The molecule has 2 rings (SSSR count). The van der Waals surface area contributed by atoms with E-state index in [0.29, 0.717) is 12.5 Å². The predicted octanol–water partition coefficient (Wildman–Crippen LogP) is 1.54. The van der Waals surface area contributed by atoms with Crippen molar-refractivity contribution in [3.05, 3.63) is 0 Å². The van der Waals surface area contributed by atoms with Gasteiger partial charge in [0.2, 0.25) is 5.91 Å². The molecule has 2 bridgehead atoms. The Bertz CT molecular complexity index is 254. The molecule has 2 aliphatic rings. The summed E-state index contributed by atoms with van der Waals surface area (Å²) in [4.78, 5) is 11.6. The average molecular weight is 224 g/mol. The van der Waals surface area contributed by atoms with Crippen LogP contribution in [0.15, 0.2) is 0 Å². The highest BCUT2D eigenvalue weighted by Crippen LogP contribution is 2.49. The minimum atomic E-state index is 0.199. The standard InChI is InChI=1S/C13H24N2O/c1-9(15-13(16)5-6-14-2)12-8-10-3-4-11(12)7-10/h9-12,14H,3-8H2,1-2H3,(H,15,16). The second-order valence-corrected chi connectivity index (χ2v) is 5.55. The summed E-state index contributed by atoms with van der Waals surface area (Å²) in [7, 11) is 1.88. The molecule has 3 nitrogen and oxygen atoms in total. The minimum absolute atomic E-state index is 0.199. The number of hydrogen-bond donors (Lipinski definition) is 2. The lowest BCUT2D eigenvalue weighted by atomic mass is 9.84. The molecule has 92 valence electrons. The van der Waals surface area contributed by atoms with Crippen LogP contribution in [0, 0.1) is 17.8 Å². The van der Waals surface area contributed by atoms with E-state index in [1.807, 2.05) is 7.05 Å². The lowest BCUT2D eigenvalue weighted by Gasteiger charge is -2.28. The molecule has 2 N–H and O–H groups in total. The fourth-order valence-electron chi connectivity index (χ4n) is 3.58. The van der Waals surface area contributed by atoms with Crippen molar-refractivity contribution in [1.29, 1.82) is 0 Å². The summed E-state index contributed by atoms with van der Waals surface area (Å²) in [5, 5.41) is 6.17. The van der Waals surface area contributed by atoms with E-state index in [2.05, 4.69) is 17.6 Å². The first-order valence-electron chi connectivity index (χ1n) is 6.64. The van der Waals surface area contributed by atoms with Gasteiger partial charge in [0.15, 0.2) is 0 Å². The van der Waals surface area contributed by atoms with Crippen LogP contribution in [0.3, 0.4) is 0 Å². The van der Waals surface area contributed by atoms with Crippen molar-refractivity contribution in [1.82, 2.24) is 10.6 Å². The van der Waals surface area contributed by atoms with Gasteiger partial charge in [-0.2, -0.15) is 0 Å². The molecule has 16 heavy (non-hydrogen) atoms. The second-order valence-electron chi connectivity index (χ2n) is 5.55. The lowest BCUT2D eigenvalue weighted by molar-refractivity contribution is -0.122. The molecule has 0 spiro atoms. The van der Waals surface area contributed by atoms with E-state index in [4.69, 9.17) is 0 Å². The second kappa shape index (κ2) is 5.17. The Morgan fingerprint density at radius 2 is 2.19 bits per heavy atom. The predicted molar refractivity (Wildman–Crippen MR) is 65.1 cm³/mol. The fraction of sp³-hybridized carbons (Fsp3) is 0.923. The maximum Gasteiger partial charge on any atom is 0.221 e. The Morgan fingerprint density at radius 3 is 2.75 bits per heavy atom. The first-order chi connectivity index (χ1) is 7.70. The van der Waals surface area contributed by atoms with E-state index >= 15 is 0 Å². The van der Waals surface area contributed by atoms with Crippen LogP contribution in [-0.4, -0.2) is 25.5 Å². The van der Waals surface area contributed by atoms with Gasteiger partial charge >= 0.3 is 0 Å². The largest absolute Gasteiger partial charge is 0.353 e. The van der Waals surface area contributed by atoms with Crippen molar-refractivity contribution in [2.75, 3.05) is 13.6 Å². The van der Waals surface area contributed by atoms with Crippen LogP contribution < -0.4 is 10.6 Å². The highest BCUT2D eigenvalue weighted by molar-refractivity contribution is 5.76. The van der Waals surface area contributed by atoms with Gasteiger partial charge in [-0.3, -0.25) is 4.79 Å². The molecule has 2 saturated carbocycles. The number of rotatable bonds is 5. The first-order valence-corrected chi connectivity index (χ1v) is 6.64. The Balaban J connectivity index is 1.75. The zero-order valence-electron chi connectivity index (χ0n) is 10.5. The van der Waals surface area contributed by atoms with E-state index in [1.165, 1.54) is 25.7 Å². The summed E-state index contributed by atoms with van der Waals surface area (Å²) in [5.74, 6) is 2.80. The van der Waals surface area contributed by atoms with Crippen molar-refractivity contribution in [3.63, 3.8) is 0 Å². The summed E-state index contributed by atoms with van der Waals surface area (Å²) in [6.45, 7) is 2.96. The molecule has 0 heterocycles. The molecule has 1 amide bonds. The normalized spacial score (nSPS) is 34.0. The quantitative estimate of drug-likeness (QED) is 0.743. The van der Waals surface area contributed by atoms with Crippen LogP contribution in [0.25, 0.3) is 0 Å². The van der Waals surface area contributed by atoms with Crippen LogP contribution >= 0.6 is 0 Å². The Morgan fingerprint density at radius 1 is 1.38 bits per heavy atom. The van der Waals surface area contributed by atoms with Gasteiger partial charge in [-0.1, -0.05) is 6.42 Å². The number of carbonyl (C=O) groups is 1. The summed E-state index contributed by atoms with van der Waals surface area (Å²) in [5.41, 5.74) is 0. The number of amides is 1. The SMILES string of the molecule is CNCCC(=O)NC(C)C1CC2CCC1C2. The highest BCUT2D eigenvalue weighted by atomic mass is 16.1. The van der Waals surface area contributed by atoms with Crippen LogP contribution in [0.4, 0.5) is 0 Å². The molecule has 2 fully saturated rings. The molecular weight excluding hydrogens is 200 g/mol. The maximum absolute atomic E-state index is 11.6. The van der Waals surface area contributed by atoms with E-state index < -0.39 is 0 Å². The summed E-state index contributed by atoms with van der Waals surface area (Å²) in [6.07, 6.45) is 6.19. The maximum atomic E-state index is 11.6. The van der Waals surface area contributed by atoms with Gasteiger partial charge in [0.05, 0.1) is 0 Å². The lowest BCUT2D eigenvalue weighted by Crippen LogP contribution is -2.40. The van der Waals surface area contributed by atoms with Gasteiger partial charge in [-0.05, 0) is 51.0 Å². The molecule has 4 atom stereocenters. The average Bonchev–Trinajstić information content (AvgIpc) is 2.87. The summed E-state index contributed by atoms with van der Waals surface area (Å²) >= 11 is 0. The zero-order valence-corrected chi connectivity index (χ0v) is 10.5. The van der Waals surface area contributed by atoms with Crippen LogP contribution in [0.2, 0.25) is 0 Å². The monoisotopic (exact) mass is 224 g/mol. The van der Waals surface area contributed by atoms with Crippen LogP contribution in [0.5, 0.6) is 0 Å². The molecule has 4 unspecified atom stereocenters. The summed E-state index contributed by atoms with van der Waals surface area (Å²) < 4.78 is 0. The molecule has 0 radical (unpaired) electrons. The van der Waals surface area contributed by atoms with Gasteiger partial charge in [0.1, 0.15) is 0 Å². The third-order valence-corrected chi connectivity index (χ3v) is 4.43. The molecule has 0 aliphatic heterocycles. The van der Waals surface area contributed by atoms with Crippen LogP contribution in [-0.2, 0) is 4.79 Å². The fourth-order valence-corrected chi connectivity index (χ4v) is 3.58. The summed E-state index contributed by atoms with van der Waals surface area (Å²) in [6, 6.07) is 0.375. The molecule has 0 saturated heterocycles. The van der Waals surface area contributed by atoms with E-state index in [9.17, 15) is 4.79 Å². The first kappa shape index (κ1) is 11.9. The van der Waals surface area contributed by atoms with Crippen molar-refractivity contribution in [2.24, 2.45) is 17.8 Å². The molecule has 3 heteroatoms. The van der Waals surface area contributed by atoms with Crippen molar-refractivity contribution < 1.29 is 4.79 Å². The van der Waals surface area contributed by atoms with Crippen LogP contribution in [0.1, 0.15) is 39.0 Å². The smallest absolute Gasteiger partial charge is 0.221 e. The van der Waals surface area contributed by atoms with Gasteiger partial charge in [0, 0.05) is 19.0 Å². The van der Waals surface area contributed by atoms with E-state index in [0.717, 1.165) is 24.3 Å². The Kier molecular flexibility index (Phi) is 3.85. The van der Waals surface area contributed by atoms with Crippen molar-refractivity contribution >= 4 is 5.91 Å². The topological polar surface area (TPSA) is 41.1 Å². The number of carbonyl (C=O) groups excluding carboxylic acids is 1. The molecule has 0 aromatic heterocycles. The third-order valence-electron chi connectivity index (χ3n) is 4.43. The van der Waals surface area contributed by atoms with Gasteiger partial charge in [-0.15, -0.1) is 0 Å². The Labute approximate surface area is 98.4 Å². The van der Waals surface area contributed by atoms with E-state index in [-0.39, 0.29) is 5.91 Å². The minimum Gasteiger partial charge on any atom is -0.353 e. The van der Waals surface area contributed by atoms with Gasteiger partial charge in [-0.25, -0.2) is 0 Å². The number of fused-ring (bicyclic) bond motifs is 2. The third kappa shape index (κ3) is 2.57. The highest BCUT2D eigenvalue weighted by Gasteiger charge is 2.41. The number of nitrogens with one attached hydrogen (secondary N) is 2.